The molecule has 0 amide bonds. The van der Waals surface area contributed by atoms with Gasteiger partial charge in [-0.1, -0.05) is 49.6 Å². The predicted octanol–water partition coefficient (Wildman–Crippen LogP) is 6.90. The standard InChI is InChI=1S/C24H30O/c1-5-6-7-8-17-14-19(18-10-11-18)23-20-13-16(2)9-12-21(20)24(3,4)25-22(23)15-17/h9,12-15,18H,5-8,10-11H2,1-4H3. The van der Waals surface area contributed by atoms with Gasteiger partial charge in [-0.2, -0.15) is 0 Å². The van der Waals surface area contributed by atoms with E-state index in [0.29, 0.717) is 0 Å². The molecule has 0 atom stereocenters. The van der Waals surface area contributed by atoms with E-state index in [1.807, 2.05) is 0 Å². The lowest BCUT2D eigenvalue weighted by molar-refractivity contribution is 0.105. The zero-order valence-corrected chi connectivity index (χ0v) is 16.1. The monoisotopic (exact) mass is 334 g/mol. The third-order valence-corrected chi connectivity index (χ3v) is 5.74. The van der Waals surface area contributed by atoms with Crippen molar-refractivity contribution in [2.45, 2.75) is 77.7 Å². The summed E-state index contributed by atoms with van der Waals surface area (Å²) >= 11 is 0. The first-order valence-electron chi connectivity index (χ1n) is 9.97. The van der Waals surface area contributed by atoms with E-state index in [1.165, 1.54) is 71.9 Å². The Bertz CT molecular complexity index is 796. The average Bonchev–Trinajstić information content (AvgIpc) is 3.38. The normalized spacial score (nSPS) is 17.6. The van der Waals surface area contributed by atoms with E-state index in [2.05, 4.69) is 58.0 Å². The van der Waals surface area contributed by atoms with Crippen LogP contribution < -0.4 is 4.74 Å². The molecule has 1 heterocycles. The van der Waals surface area contributed by atoms with E-state index in [-0.39, 0.29) is 5.60 Å². The lowest BCUT2D eigenvalue weighted by Gasteiger charge is -2.36. The van der Waals surface area contributed by atoms with Crippen molar-refractivity contribution < 1.29 is 4.74 Å². The first kappa shape index (κ1) is 16.7. The topological polar surface area (TPSA) is 9.23 Å². The van der Waals surface area contributed by atoms with Crippen LogP contribution in [0.25, 0.3) is 11.1 Å². The molecule has 1 saturated carbocycles. The fourth-order valence-corrected chi connectivity index (χ4v) is 4.22. The molecule has 2 aromatic carbocycles. The Labute approximate surface area is 152 Å². The second-order valence-electron chi connectivity index (χ2n) is 8.45. The maximum absolute atomic E-state index is 6.55. The van der Waals surface area contributed by atoms with Gasteiger partial charge in [-0.15, -0.1) is 0 Å². The number of benzene rings is 2. The van der Waals surface area contributed by atoms with Gasteiger partial charge in [-0.25, -0.2) is 0 Å². The maximum atomic E-state index is 6.55. The van der Waals surface area contributed by atoms with Crippen molar-refractivity contribution in [3.63, 3.8) is 0 Å². The summed E-state index contributed by atoms with van der Waals surface area (Å²) < 4.78 is 6.55. The van der Waals surface area contributed by atoms with E-state index in [9.17, 15) is 0 Å². The third-order valence-electron chi connectivity index (χ3n) is 5.74. The molecule has 0 spiro atoms. The van der Waals surface area contributed by atoms with Crippen LogP contribution in [-0.2, 0) is 12.0 Å². The van der Waals surface area contributed by atoms with Gasteiger partial charge in [0, 0.05) is 11.1 Å². The molecule has 0 aromatic heterocycles. The minimum Gasteiger partial charge on any atom is -0.482 e. The van der Waals surface area contributed by atoms with Crippen molar-refractivity contribution in [1.82, 2.24) is 0 Å². The average molecular weight is 335 g/mol. The zero-order valence-electron chi connectivity index (χ0n) is 16.1. The Kier molecular flexibility index (Phi) is 4.14. The SMILES string of the molecule is CCCCCc1cc2c(c(C3CC3)c1)-c1cc(C)ccc1C(C)(C)O2. The molecule has 1 aliphatic carbocycles. The molecular formula is C24H30O. The number of aryl methyl sites for hydroxylation is 2. The van der Waals surface area contributed by atoms with Crippen molar-refractivity contribution in [2.24, 2.45) is 0 Å². The van der Waals surface area contributed by atoms with Crippen molar-refractivity contribution in [1.29, 1.82) is 0 Å². The van der Waals surface area contributed by atoms with Crippen LogP contribution in [0, 0.1) is 6.92 Å². The molecule has 2 aliphatic rings. The number of hydrogen-bond donors (Lipinski definition) is 0. The molecule has 0 unspecified atom stereocenters. The van der Waals surface area contributed by atoms with E-state index < -0.39 is 0 Å². The number of hydrogen-bond acceptors (Lipinski definition) is 1. The zero-order chi connectivity index (χ0) is 17.6. The molecule has 0 radical (unpaired) electrons. The smallest absolute Gasteiger partial charge is 0.129 e. The lowest BCUT2D eigenvalue weighted by Crippen LogP contribution is -2.29. The Hall–Kier alpha value is -1.76. The van der Waals surface area contributed by atoms with Crippen molar-refractivity contribution in [3.05, 3.63) is 52.6 Å². The third kappa shape index (κ3) is 3.10. The molecule has 1 aliphatic heterocycles. The molecule has 4 rings (SSSR count). The fraction of sp³-hybridized carbons (Fsp3) is 0.500. The predicted molar refractivity (Wildman–Crippen MR) is 105 cm³/mol. The van der Waals surface area contributed by atoms with E-state index in [0.717, 1.165) is 11.7 Å². The molecule has 0 N–H and O–H groups in total. The van der Waals surface area contributed by atoms with E-state index >= 15 is 0 Å². The Morgan fingerprint density at radius 3 is 2.60 bits per heavy atom. The minimum absolute atomic E-state index is 0.265. The van der Waals surface area contributed by atoms with Crippen LogP contribution in [0.1, 0.15) is 81.0 Å². The number of rotatable bonds is 5. The molecule has 0 saturated heterocycles. The molecule has 1 fully saturated rings. The Morgan fingerprint density at radius 1 is 1.08 bits per heavy atom. The Balaban J connectivity index is 1.85. The molecule has 2 aromatic rings. The van der Waals surface area contributed by atoms with E-state index in [1.54, 1.807) is 0 Å². The number of fused-ring (bicyclic) bond motifs is 3. The summed E-state index contributed by atoms with van der Waals surface area (Å²) in [5, 5.41) is 0. The first-order valence-corrected chi connectivity index (χ1v) is 9.97. The number of unbranched alkanes of at least 4 members (excludes halogenated alkanes) is 2. The summed E-state index contributed by atoms with van der Waals surface area (Å²) in [6, 6.07) is 11.6. The second-order valence-corrected chi connectivity index (χ2v) is 8.45. The van der Waals surface area contributed by atoms with Crippen LogP contribution in [0.4, 0.5) is 0 Å². The summed E-state index contributed by atoms with van der Waals surface area (Å²) in [5.41, 5.74) is 8.15. The van der Waals surface area contributed by atoms with Gasteiger partial charge in [0.2, 0.25) is 0 Å². The van der Waals surface area contributed by atoms with Gasteiger partial charge in [0.05, 0.1) is 0 Å². The van der Waals surface area contributed by atoms with Crippen LogP contribution in [0.3, 0.4) is 0 Å². The molecular weight excluding hydrogens is 304 g/mol. The van der Waals surface area contributed by atoms with Crippen LogP contribution in [0.5, 0.6) is 5.75 Å². The largest absolute Gasteiger partial charge is 0.482 e. The quantitative estimate of drug-likeness (QED) is 0.540. The van der Waals surface area contributed by atoms with Gasteiger partial charge in [-0.3, -0.25) is 0 Å². The molecule has 1 heteroatoms. The van der Waals surface area contributed by atoms with Gasteiger partial charge >= 0.3 is 0 Å². The van der Waals surface area contributed by atoms with Gasteiger partial charge in [0.15, 0.2) is 0 Å². The van der Waals surface area contributed by atoms with Crippen molar-refractivity contribution in [3.8, 4) is 16.9 Å². The van der Waals surface area contributed by atoms with Crippen LogP contribution in [-0.4, -0.2) is 0 Å². The van der Waals surface area contributed by atoms with Gasteiger partial charge in [0.1, 0.15) is 11.4 Å². The minimum atomic E-state index is -0.265. The summed E-state index contributed by atoms with van der Waals surface area (Å²) in [6.07, 6.45) is 7.69. The van der Waals surface area contributed by atoms with Gasteiger partial charge in [-0.05, 0) is 75.1 Å². The van der Waals surface area contributed by atoms with Crippen molar-refractivity contribution >= 4 is 0 Å². The molecule has 132 valence electrons. The fourth-order valence-electron chi connectivity index (χ4n) is 4.22. The number of ether oxygens (including phenoxy) is 1. The molecule has 25 heavy (non-hydrogen) atoms. The van der Waals surface area contributed by atoms with Crippen LogP contribution in [0.15, 0.2) is 30.3 Å². The van der Waals surface area contributed by atoms with Crippen LogP contribution in [0.2, 0.25) is 0 Å². The first-order chi connectivity index (χ1) is 12.0. The van der Waals surface area contributed by atoms with Gasteiger partial charge in [0.25, 0.3) is 0 Å². The summed E-state index contributed by atoms with van der Waals surface area (Å²) in [5.74, 6) is 1.84. The molecule has 1 nitrogen and oxygen atoms in total. The van der Waals surface area contributed by atoms with Crippen LogP contribution >= 0.6 is 0 Å². The highest BCUT2D eigenvalue weighted by Gasteiger charge is 2.37. The van der Waals surface area contributed by atoms with Gasteiger partial charge < -0.3 is 4.74 Å². The Morgan fingerprint density at radius 2 is 1.88 bits per heavy atom. The van der Waals surface area contributed by atoms with E-state index in [4.69, 9.17) is 4.74 Å². The summed E-state index contributed by atoms with van der Waals surface area (Å²) in [6.45, 7) is 8.86. The summed E-state index contributed by atoms with van der Waals surface area (Å²) in [4.78, 5) is 0. The second kappa shape index (κ2) is 6.20. The highest BCUT2D eigenvalue weighted by Crippen LogP contribution is 2.53. The van der Waals surface area contributed by atoms with Crippen molar-refractivity contribution in [2.75, 3.05) is 0 Å². The lowest BCUT2D eigenvalue weighted by atomic mass is 9.82. The highest BCUT2D eigenvalue weighted by molar-refractivity contribution is 5.81. The highest BCUT2D eigenvalue weighted by atomic mass is 16.5. The summed E-state index contributed by atoms with van der Waals surface area (Å²) in [7, 11) is 0. The molecule has 0 bridgehead atoms. The maximum Gasteiger partial charge on any atom is 0.129 e.